The molecule has 0 saturated carbocycles. The van der Waals surface area contributed by atoms with Crippen LogP contribution in [0.25, 0.3) is 5.57 Å². The van der Waals surface area contributed by atoms with Crippen LogP contribution in [0.2, 0.25) is 0 Å². The highest BCUT2D eigenvalue weighted by Gasteiger charge is 2.17. The second kappa shape index (κ2) is 13.3. The average Bonchev–Trinajstić information content (AvgIpc) is 2.80. The number of hydrogen-bond donors (Lipinski definition) is 0. The van der Waals surface area contributed by atoms with Gasteiger partial charge in [-0.25, -0.2) is 0 Å². The van der Waals surface area contributed by atoms with Crippen LogP contribution in [0, 0.1) is 0 Å². The Hall–Kier alpha value is -2.52. The van der Waals surface area contributed by atoms with Crippen LogP contribution in [0.5, 0.6) is 0 Å². The summed E-state index contributed by atoms with van der Waals surface area (Å²) in [5.41, 5.74) is 10.3. The lowest BCUT2D eigenvalue weighted by Crippen LogP contribution is -2.12. The first-order valence-corrected chi connectivity index (χ1v) is 13.4. The second-order valence-electron chi connectivity index (χ2n) is 8.76. The molecule has 0 aliphatic carbocycles. The normalized spacial score (nSPS) is 14.4. The number of nitrogens with zero attached hydrogens (tertiary/aromatic N) is 1. The van der Waals surface area contributed by atoms with Gasteiger partial charge in [0.1, 0.15) is 0 Å². The first kappa shape index (κ1) is 26.7. The van der Waals surface area contributed by atoms with Gasteiger partial charge in [-0.05, 0) is 86.4 Å². The van der Waals surface area contributed by atoms with Crippen LogP contribution in [0.4, 0.5) is 0 Å². The van der Waals surface area contributed by atoms with Gasteiger partial charge < -0.3 is 0 Å². The highest BCUT2D eigenvalue weighted by Crippen LogP contribution is 2.28. The van der Waals surface area contributed by atoms with Crippen LogP contribution in [-0.4, -0.2) is 29.5 Å². The molecular formula is C30H39NOS. The van der Waals surface area contributed by atoms with Gasteiger partial charge in [0.15, 0.2) is 0 Å². The van der Waals surface area contributed by atoms with Crippen molar-refractivity contribution >= 4 is 22.6 Å². The van der Waals surface area contributed by atoms with E-state index >= 15 is 0 Å². The molecule has 0 saturated heterocycles. The van der Waals surface area contributed by atoms with Crippen LogP contribution in [0.15, 0.2) is 82.4 Å². The fourth-order valence-corrected chi connectivity index (χ4v) is 5.13. The van der Waals surface area contributed by atoms with Gasteiger partial charge in [-0.15, -0.1) is 0 Å². The Morgan fingerprint density at radius 2 is 1.64 bits per heavy atom. The summed E-state index contributed by atoms with van der Waals surface area (Å²) in [6.07, 6.45) is 9.90. The molecule has 33 heavy (non-hydrogen) atoms. The quantitative estimate of drug-likeness (QED) is 0.269. The van der Waals surface area contributed by atoms with E-state index in [1.165, 1.54) is 39.0 Å². The van der Waals surface area contributed by atoms with E-state index in [1.54, 1.807) is 13.3 Å². The fourth-order valence-electron chi connectivity index (χ4n) is 4.28. The minimum atomic E-state index is -0.880. The topological polar surface area (TPSA) is 29.4 Å². The van der Waals surface area contributed by atoms with E-state index in [4.69, 9.17) is 0 Å². The fraction of sp³-hybridized carbons (Fsp3) is 0.367. The molecular weight excluding hydrogens is 422 g/mol. The van der Waals surface area contributed by atoms with E-state index in [2.05, 4.69) is 93.4 Å². The minimum absolute atomic E-state index is 0.104. The second-order valence-corrected chi connectivity index (χ2v) is 10.2. The standard InChI is InChI=1S/C30H39NOS/c1-8-23(5)30(22(3)4)28-12-10-11-25(19-28)14-13-24-15-17-27(18-16-24)29(21-33(7)32)26(9-2)20-31-6/h8-12,15-20,29H,13-14,21H2,1-7H3/b23-8-,26-9+,31-20?. The first-order valence-electron chi connectivity index (χ1n) is 11.7. The third-order valence-electron chi connectivity index (χ3n) is 6.04. The number of benzene rings is 2. The maximum Gasteiger partial charge on any atom is 0.0342 e. The van der Waals surface area contributed by atoms with E-state index < -0.39 is 10.8 Å². The van der Waals surface area contributed by atoms with Crippen molar-refractivity contribution in [3.8, 4) is 0 Å². The van der Waals surface area contributed by atoms with Crippen molar-refractivity contribution in [1.82, 2.24) is 0 Å². The van der Waals surface area contributed by atoms with Crippen molar-refractivity contribution in [2.24, 2.45) is 4.99 Å². The highest BCUT2D eigenvalue weighted by atomic mass is 32.2. The van der Waals surface area contributed by atoms with Crippen molar-refractivity contribution < 1.29 is 4.21 Å². The molecule has 0 aliphatic heterocycles. The molecule has 0 fully saturated rings. The largest absolute Gasteiger partial charge is 0.296 e. The number of hydrogen-bond acceptors (Lipinski definition) is 2. The average molecular weight is 462 g/mol. The van der Waals surface area contributed by atoms with Gasteiger partial charge in [-0.2, -0.15) is 0 Å². The molecule has 0 amide bonds. The molecule has 2 aromatic carbocycles. The Morgan fingerprint density at radius 3 is 2.18 bits per heavy atom. The molecule has 2 nitrogen and oxygen atoms in total. The summed E-state index contributed by atoms with van der Waals surface area (Å²) in [6.45, 7) is 10.7. The molecule has 0 radical (unpaired) electrons. The predicted molar refractivity (Wildman–Crippen MR) is 148 cm³/mol. The summed E-state index contributed by atoms with van der Waals surface area (Å²) in [4.78, 5) is 4.19. The Labute approximate surface area is 203 Å². The smallest absolute Gasteiger partial charge is 0.0342 e. The molecule has 3 heteroatoms. The molecule has 2 unspecified atom stereocenters. The Bertz CT molecular complexity index is 1070. The third kappa shape index (κ3) is 7.78. The van der Waals surface area contributed by atoms with Crippen LogP contribution < -0.4 is 0 Å². The van der Waals surface area contributed by atoms with E-state index in [0.717, 1.165) is 18.4 Å². The highest BCUT2D eigenvalue weighted by molar-refractivity contribution is 7.84. The Balaban J connectivity index is 2.19. The molecule has 0 aromatic heterocycles. The van der Waals surface area contributed by atoms with Gasteiger partial charge in [-0.3, -0.25) is 9.20 Å². The molecule has 2 atom stereocenters. The van der Waals surface area contributed by atoms with Gasteiger partial charge in [0.05, 0.1) is 0 Å². The molecule has 176 valence electrons. The molecule has 0 heterocycles. The van der Waals surface area contributed by atoms with Crippen LogP contribution in [0.1, 0.15) is 62.8 Å². The summed E-state index contributed by atoms with van der Waals surface area (Å²) in [7, 11) is 0.900. The zero-order valence-electron chi connectivity index (χ0n) is 21.3. The lowest BCUT2D eigenvalue weighted by Gasteiger charge is -2.18. The van der Waals surface area contributed by atoms with Gasteiger partial charge in [0.25, 0.3) is 0 Å². The number of allylic oxidation sites excluding steroid dienone is 6. The minimum Gasteiger partial charge on any atom is -0.296 e. The summed E-state index contributed by atoms with van der Waals surface area (Å²) < 4.78 is 12.0. The van der Waals surface area contributed by atoms with E-state index in [1.807, 2.05) is 13.1 Å². The SMILES string of the molecule is C/C=C(/C)C(=C(C)C)c1cccc(CCc2ccc(C(CS(C)=O)/C(C=NC)=C/C)cc2)c1. The van der Waals surface area contributed by atoms with Crippen molar-refractivity contribution in [3.63, 3.8) is 0 Å². The summed E-state index contributed by atoms with van der Waals surface area (Å²) in [5.74, 6) is 0.712. The molecule has 0 N–H and O–H groups in total. The molecule has 0 spiro atoms. The van der Waals surface area contributed by atoms with Gasteiger partial charge >= 0.3 is 0 Å². The number of aliphatic imine (C=N–C) groups is 1. The van der Waals surface area contributed by atoms with E-state index in [9.17, 15) is 4.21 Å². The van der Waals surface area contributed by atoms with Crippen molar-refractivity contribution in [2.45, 2.75) is 53.4 Å². The van der Waals surface area contributed by atoms with Crippen molar-refractivity contribution in [1.29, 1.82) is 0 Å². The Morgan fingerprint density at radius 1 is 0.970 bits per heavy atom. The van der Waals surface area contributed by atoms with Crippen LogP contribution in [0.3, 0.4) is 0 Å². The van der Waals surface area contributed by atoms with Crippen molar-refractivity contribution in [2.75, 3.05) is 19.1 Å². The maximum atomic E-state index is 12.0. The van der Waals surface area contributed by atoms with Crippen molar-refractivity contribution in [3.05, 3.63) is 99.7 Å². The van der Waals surface area contributed by atoms with Gasteiger partial charge in [-0.1, -0.05) is 66.3 Å². The monoisotopic (exact) mass is 461 g/mol. The zero-order valence-corrected chi connectivity index (χ0v) is 22.1. The summed E-state index contributed by atoms with van der Waals surface area (Å²) in [6, 6.07) is 17.7. The number of aryl methyl sites for hydroxylation is 2. The summed E-state index contributed by atoms with van der Waals surface area (Å²) in [5, 5.41) is 0. The van der Waals surface area contributed by atoms with Crippen LogP contribution >= 0.6 is 0 Å². The number of rotatable bonds is 10. The zero-order chi connectivity index (χ0) is 24.4. The molecule has 2 aromatic rings. The first-order chi connectivity index (χ1) is 15.8. The van der Waals surface area contributed by atoms with Crippen LogP contribution in [-0.2, 0) is 23.6 Å². The van der Waals surface area contributed by atoms with E-state index in [-0.39, 0.29) is 5.92 Å². The lowest BCUT2D eigenvalue weighted by atomic mass is 9.91. The molecule has 0 aliphatic rings. The maximum absolute atomic E-state index is 12.0. The van der Waals surface area contributed by atoms with Gasteiger partial charge in [0.2, 0.25) is 0 Å². The molecule has 0 bridgehead atoms. The Kier molecular flexibility index (Phi) is 10.7. The van der Waals surface area contributed by atoms with E-state index in [0.29, 0.717) is 5.75 Å². The lowest BCUT2D eigenvalue weighted by molar-refractivity contribution is 0.683. The summed E-state index contributed by atoms with van der Waals surface area (Å²) >= 11 is 0. The third-order valence-corrected chi connectivity index (χ3v) is 6.85. The molecule has 2 rings (SSSR count). The van der Waals surface area contributed by atoms with Gasteiger partial charge in [0, 0.05) is 42.0 Å². The predicted octanol–water partition coefficient (Wildman–Crippen LogP) is 7.34.